The first-order valence-electron chi connectivity index (χ1n) is 7.03. The summed E-state index contributed by atoms with van der Waals surface area (Å²) in [6, 6.07) is 8.39. The summed E-state index contributed by atoms with van der Waals surface area (Å²) in [5.74, 6) is 0.103. The molecule has 0 aromatic heterocycles. The van der Waals surface area contributed by atoms with Crippen LogP contribution in [-0.4, -0.2) is 18.5 Å². The molecule has 0 aliphatic heterocycles. The Hall–Kier alpha value is -0.780. The molecule has 1 aliphatic carbocycles. The Bertz CT molecular complexity index is 414. The van der Waals surface area contributed by atoms with Gasteiger partial charge in [-0.1, -0.05) is 37.8 Å². The number of hydrogen-bond donors (Lipinski definition) is 2. The molecule has 4 heteroatoms. The highest BCUT2D eigenvalue weighted by molar-refractivity contribution is 14.1. The number of rotatable bonds is 4. The van der Waals surface area contributed by atoms with Crippen molar-refractivity contribution in [2.75, 3.05) is 11.9 Å². The number of carbonyl (C=O) groups excluding carboxylic acids is 1. The number of nitrogens with one attached hydrogen (secondary N) is 2. The molecule has 3 nitrogen and oxygen atoms in total. The van der Waals surface area contributed by atoms with E-state index in [2.05, 4.69) is 33.2 Å². The molecule has 1 aromatic carbocycles. The summed E-state index contributed by atoms with van der Waals surface area (Å²) in [7, 11) is 0. The van der Waals surface area contributed by atoms with E-state index >= 15 is 0 Å². The van der Waals surface area contributed by atoms with Gasteiger partial charge in [-0.15, -0.1) is 0 Å². The zero-order chi connectivity index (χ0) is 13.5. The number of benzene rings is 1. The van der Waals surface area contributed by atoms with Crippen LogP contribution in [0.3, 0.4) is 0 Å². The maximum absolute atomic E-state index is 11.9. The van der Waals surface area contributed by atoms with Crippen LogP contribution in [0.1, 0.15) is 38.5 Å². The topological polar surface area (TPSA) is 41.1 Å². The predicted molar refractivity (Wildman–Crippen MR) is 87.3 cm³/mol. The van der Waals surface area contributed by atoms with E-state index < -0.39 is 0 Å². The first-order valence-corrected chi connectivity index (χ1v) is 8.11. The van der Waals surface area contributed by atoms with Crippen LogP contribution in [0.25, 0.3) is 0 Å². The van der Waals surface area contributed by atoms with Crippen LogP contribution in [0.5, 0.6) is 0 Å². The van der Waals surface area contributed by atoms with Crippen LogP contribution in [0.2, 0.25) is 0 Å². The molecule has 1 fully saturated rings. The van der Waals surface area contributed by atoms with Gasteiger partial charge < -0.3 is 10.6 Å². The van der Waals surface area contributed by atoms with E-state index in [1.807, 2.05) is 24.3 Å². The molecule has 0 saturated heterocycles. The molecule has 0 radical (unpaired) electrons. The fourth-order valence-corrected chi connectivity index (χ4v) is 3.06. The summed E-state index contributed by atoms with van der Waals surface area (Å²) in [5.41, 5.74) is 1.03. The third-order valence-corrected chi connectivity index (χ3v) is 4.47. The predicted octanol–water partition coefficient (Wildman–Crippen LogP) is 3.54. The summed E-state index contributed by atoms with van der Waals surface area (Å²) in [5, 5.41) is 6.34. The highest BCUT2D eigenvalue weighted by atomic mass is 127. The lowest BCUT2D eigenvalue weighted by molar-refractivity contribution is -0.120. The monoisotopic (exact) mass is 372 g/mol. The fraction of sp³-hybridized carbons (Fsp3) is 0.533. The van der Waals surface area contributed by atoms with Crippen LogP contribution < -0.4 is 10.6 Å². The van der Waals surface area contributed by atoms with Gasteiger partial charge in [-0.05, 0) is 47.6 Å². The van der Waals surface area contributed by atoms with Gasteiger partial charge in [0.15, 0.2) is 0 Å². The summed E-state index contributed by atoms with van der Waals surface area (Å²) in [6.07, 6.45) is 7.38. The maximum Gasteiger partial charge on any atom is 0.239 e. The van der Waals surface area contributed by atoms with Crippen molar-refractivity contribution in [2.24, 2.45) is 0 Å². The minimum Gasteiger partial charge on any atom is -0.375 e. The molecule has 0 bridgehead atoms. The molecular weight excluding hydrogens is 351 g/mol. The van der Waals surface area contributed by atoms with E-state index in [9.17, 15) is 4.79 Å². The zero-order valence-electron chi connectivity index (χ0n) is 11.1. The van der Waals surface area contributed by atoms with Crippen molar-refractivity contribution in [3.8, 4) is 0 Å². The van der Waals surface area contributed by atoms with Gasteiger partial charge in [-0.25, -0.2) is 0 Å². The molecule has 104 valence electrons. The highest BCUT2D eigenvalue weighted by Gasteiger charge is 2.14. The minimum atomic E-state index is 0.103. The van der Waals surface area contributed by atoms with E-state index in [0.717, 1.165) is 22.1 Å². The molecule has 1 amide bonds. The standard InChI is InChI=1S/C15H21IN2O/c16-13-9-5-6-10-14(13)17-11-15(19)18-12-7-3-1-2-4-8-12/h5-6,9-10,12,17H,1-4,7-8,11H2,(H,18,19). The molecule has 0 atom stereocenters. The normalized spacial score (nSPS) is 16.7. The summed E-state index contributed by atoms with van der Waals surface area (Å²) >= 11 is 2.27. The molecule has 19 heavy (non-hydrogen) atoms. The SMILES string of the molecule is O=C(CNc1ccccc1I)NC1CCCCCC1. The average Bonchev–Trinajstić information content (AvgIpc) is 2.66. The number of hydrogen-bond acceptors (Lipinski definition) is 2. The minimum absolute atomic E-state index is 0.103. The summed E-state index contributed by atoms with van der Waals surface area (Å²) in [4.78, 5) is 11.9. The van der Waals surface area contributed by atoms with E-state index in [1.54, 1.807) is 0 Å². The zero-order valence-corrected chi connectivity index (χ0v) is 13.3. The van der Waals surface area contributed by atoms with Gasteiger partial charge in [0.2, 0.25) is 5.91 Å². The Balaban J connectivity index is 1.76. The lowest BCUT2D eigenvalue weighted by Crippen LogP contribution is -2.38. The Morgan fingerprint density at radius 1 is 1.16 bits per heavy atom. The first kappa shape index (κ1) is 14.6. The Labute approximate surface area is 128 Å². The smallest absolute Gasteiger partial charge is 0.239 e. The largest absolute Gasteiger partial charge is 0.375 e. The van der Waals surface area contributed by atoms with E-state index in [4.69, 9.17) is 0 Å². The van der Waals surface area contributed by atoms with Gasteiger partial charge in [0, 0.05) is 15.3 Å². The quantitative estimate of drug-likeness (QED) is 0.627. The van der Waals surface area contributed by atoms with Crippen molar-refractivity contribution in [3.05, 3.63) is 27.8 Å². The van der Waals surface area contributed by atoms with Crippen LogP contribution >= 0.6 is 22.6 Å². The van der Waals surface area contributed by atoms with Crippen LogP contribution in [0.15, 0.2) is 24.3 Å². The van der Waals surface area contributed by atoms with Gasteiger partial charge in [0.25, 0.3) is 0 Å². The second-order valence-corrected chi connectivity index (χ2v) is 6.25. The van der Waals surface area contributed by atoms with Gasteiger partial charge in [-0.2, -0.15) is 0 Å². The van der Waals surface area contributed by atoms with E-state index in [1.165, 1.54) is 25.7 Å². The molecule has 0 unspecified atom stereocenters. The summed E-state index contributed by atoms with van der Waals surface area (Å²) < 4.78 is 1.14. The van der Waals surface area contributed by atoms with E-state index in [-0.39, 0.29) is 5.91 Å². The van der Waals surface area contributed by atoms with E-state index in [0.29, 0.717) is 12.6 Å². The third-order valence-electron chi connectivity index (χ3n) is 3.53. The Morgan fingerprint density at radius 2 is 1.84 bits per heavy atom. The molecule has 1 aliphatic rings. The second kappa shape index (κ2) is 7.72. The first-order chi connectivity index (χ1) is 9.25. The molecule has 2 rings (SSSR count). The second-order valence-electron chi connectivity index (χ2n) is 5.09. The number of halogens is 1. The summed E-state index contributed by atoms with van der Waals surface area (Å²) in [6.45, 7) is 0.358. The molecule has 2 N–H and O–H groups in total. The number of anilines is 1. The van der Waals surface area contributed by atoms with Crippen molar-refractivity contribution >= 4 is 34.2 Å². The van der Waals surface area contributed by atoms with Gasteiger partial charge in [0.05, 0.1) is 6.54 Å². The molecule has 1 saturated carbocycles. The molecule has 1 aromatic rings. The van der Waals surface area contributed by atoms with Crippen molar-refractivity contribution in [1.82, 2.24) is 5.32 Å². The number of amides is 1. The lowest BCUT2D eigenvalue weighted by Gasteiger charge is -2.17. The van der Waals surface area contributed by atoms with Gasteiger partial charge >= 0.3 is 0 Å². The lowest BCUT2D eigenvalue weighted by atomic mass is 10.1. The van der Waals surface area contributed by atoms with Gasteiger partial charge in [0.1, 0.15) is 0 Å². The Kier molecular flexibility index (Phi) is 5.94. The number of para-hydroxylation sites is 1. The van der Waals surface area contributed by atoms with Crippen molar-refractivity contribution in [1.29, 1.82) is 0 Å². The Morgan fingerprint density at radius 3 is 2.53 bits per heavy atom. The van der Waals surface area contributed by atoms with Crippen LogP contribution in [-0.2, 0) is 4.79 Å². The molecule has 0 heterocycles. The number of carbonyl (C=O) groups is 1. The van der Waals surface area contributed by atoms with Crippen molar-refractivity contribution in [2.45, 2.75) is 44.6 Å². The van der Waals surface area contributed by atoms with Crippen molar-refractivity contribution in [3.63, 3.8) is 0 Å². The average molecular weight is 372 g/mol. The molecule has 0 spiro atoms. The highest BCUT2D eigenvalue weighted by Crippen LogP contribution is 2.18. The van der Waals surface area contributed by atoms with Crippen molar-refractivity contribution < 1.29 is 4.79 Å². The van der Waals surface area contributed by atoms with Crippen LogP contribution in [0.4, 0.5) is 5.69 Å². The maximum atomic E-state index is 11.9. The third kappa shape index (κ3) is 5.01. The molecular formula is C15H21IN2O. The van der Waals surface area contributed by atoms with Crippen LogP contribution in [0, 0.1) is 3.57 Å². The van der Waals surface area contributed by atoms with Gasteiger partial charge in [-0.3, -0.25) is 4.79 Å². The fourth-order valence-electron chi connectivity index (χ4n) is 2.48.